The predicted octanol–water partition coefficient (Wildman–Crippen LogP) is 1.13. The van der Waals surface area contributed by atoms with Gasteiger partial charge in [0.05, 0.1) is 17.8 Å². The largest absolute Gasteiger partial charge is 0.410 e. The summed E-state index contributed by atoms with van der Waals surface area (Å²) in [7, 11) is 0.907. The lowest BCUT2D eigenvalue weighted by molar-refractivity contribution is -0.392. The van der Waals surface area contributed by atoms with Crippen molar-refractivity contribution in [3.63, 3.8) is 0 Å². The number of nitrogens with zero attached hydrogens (tertiary/aromatic N) is 3. The fourth-order valence-electron chi connectivity index (χ4n) is 1.04. The van der Waals surface area contributed by atoms with Crippen LogP contribution in [0.4, 0.5) is 5.82 Å². The van der Waals surface area contributed by atoms with E-state index in [1.807, 2.05) is 6.92 Å². The normalized spacial score (nSPS) is 11.6. The van der Waals surface area contributed by atoms with Gasteiger partial charge in [-0.3, -0.25) is 0 Å². The van der Waals surface area contributed by atoms with Gasteiger partial charge in [-0.1, -0.05) is 6.92 Å². The Morgan fingerprint density at radius 2 is 2.27 bits per heavy atom. The molecule has 0 bridgehead atoms. The van der Waals surface area contributed by atoms with Gasteiger partial charge in [-0.25, -0.2) is 8.42 Å². The summed E-state index contributed by atoms with van der Waals surface area (Å²) in [4.78, 5) is 9.05. The summed E-state index contributed by atoms with van der Waals surface area (Å²) in [5.74, 6) is -0.738. The monoisotopic (exact) mass is 253 g/mol. The lowest BCUT2D eigenvalue weighted by Crippen LogP contribution is -1.98. The summed E-state index contributed by atoms with van der Waals surface area (Å²) < 4.78 is 23.2. The third-order valence-electron chi connectivity index (χ3n) is 1.60. The highest BCUT2D eigenvalue weighted by Gasteiger charge is 2.29. The lowest BCUT2D eigenvalue weighted by atomic mass is 10.5. The molecule has 15 heavy (non-hydrogen) atoms. The first-order valence-electron chi connectivity index (χ1n) is 4.02. The van der Waals surface area contributed by atoms with Gasteiger partial charge >= 0.3 is 5.82 Å². The zero-order chi connectivity index (χ0) is 11.6. The highest BCUT2D eigenvalue weighted by atomic mass is 35.7. The van der Waals surface area contributed by atoms with Gasteiger partial charge in [0.2, 0.25) is 4.90 Å². The lowest BCUT2D eigenvalue weighted by Gasteiger charge is -1.89. The molecule has 7 nitrogen and oxygen atoms in total. The van der Waals surface area contributed by atoms with E-state index in [4.69, 9.17) is 10.7 Å². The first kappa shape index (κ1) is 11.9. The summed E-state index contributed by atoms with van der Waals surface area (Å²) >= 11 is 0. The number of rotatable bonds is 4. The van der Waals surface area contributed by atoms with E-state index in [0.29, 0.717) is 13.0 Å². The van der Waals surface area contributed by atoms with Crippen LogP contribution in [0.1, 0.15) is 13.3 Å². The van der Waals surface area contributed by atoms with E-state index < -0.39 is 24.7 Å². The zero-order valence-corrected chi connectivity index (χ0v) is 9.32. The minimum atomic E-state index is -4.13. The highest BCUT2D eigenvalue weighted by Crippen LogP contribution is 2.24. The molecule has 0 saturated carbocycles. The van der Waals surface area contributed by atoms with Gasteiger partial charge < -0.3 is 10.1 Å². The molecule has 1 heterocycles. The van der Waals surface area contributed by atoms with Crippen molar-refractivity contribution in [2.24, 2.45) is 0 Å². The summed E-state index contributed by atoms with van der Waals surface area (Å²) in [6, 6.07) is 0. The highest BCUT2D eigenvalue weighted by molar-refractivity contribution is 8.13. The van der Waals surface area contributed by atoms with Crippen molar-refractivity contribution in [3.8, 4) is 0 Å². The van der Waals surface area contributed by atoms with Crippen LogP contribution in [0.2, 0.25) is 0 Å². The van der Waals surface area contributed by atoms with Crippen LogP contribution >= 0.6 is 10.7 Å². The van der Waals surface area contributed by atoms with Crippen LogP contribution in [0, 0.1) is 10.1 Å². The van der Waals surface area contributed by atoms with Crippen molar-refractivity contribution in [1.29, 1.82) is 0 Å². The second kappa shape index (κ2) is 4.15. The molecule has 0 aliphatic heterocycles. The number of halogens is 1. The quantitative estimate of drug-likeness (QED) is 0.455. The molecular formula is C6H8ClN3O4S. The van der Waals surface area contributed by atoms with E-state index in [9.17, 15) is 18.5 Å². The minimum absolute atomic E-state index is 0.396. The van der Waals surface area contributed by atoms with E-state index in [2.05, 4.69) is 5.10 Å². The summed E-state index contributed by atoms with van der Waals surface area (Å²) in [6.07, 6.45) is 1.74. The number of nitro groups is 1. The standard InChI is InChI=1S/C6H8ClN3O4S/c1-2-3-9-4-5(15(7,13)14)6(8-9)10(11)12/h4H,2-3H2,1H3. The Balaban J connectivity index is 3.30. The molecule has 0 aliphatic carbocycles. The van der Waals surface area contributed by atoms with Gasteiger partial charge in [-0.15, -0.1) is 0 Å². The maximum absolute atomic E-state index is 11.0. The number of aromatic nitrogens is 2. The third kappa shape index (κ3) is 2.66. The van der Waals surface area contributed by atoms with Crippen molar-refractivity contribution in [2.75, 3.05) is 0 Å². The molecule has 0 spiro atoms. The zero-order valence-electron chi connectivity index (χ0n) is 7.75. The van der Waals surface area contributed by atoms with E-state index in [1.165, 1.54) is 4.68 Å². The SMILES string of the molecule is CCCn1cc(S(=O)(=O)Cl)c([N+](=O)[O-])n1. The molecule has 0 unspecified atom stereocenters. The van der Waals surface area contributed by atoms with Crippen LogP contribution < -0.4 is 0 Å². The van der Waals surface area contributed by atoms with Gasteiger partial charge in [0.1, 0.15) is 0 Å². The van der Waals surface area contributed by atoms with Crippen molar-refractivity contribution in [3.05, 3.63) is 16.3 Å². The molecule has 0 N–H and O–H groups in total. The van der Waals surface area contributed by atoms with Crippen LogP contribution in [0.3, 0.4) is 0 Å². The first-order valence-corrected chi connectivity index (χ1v) is 6.33. The molecule has 0 saturated heterocycles. The number of hydrogen-bond donors (Lipinski definition) is 0. The van der Waals surface area contributed by atoms with Crippen LogP contribution in [-0.2, 0) is 15.6 Å². The van der Waals surface area contributed by atoms with Crippen LogP contribution in [0.25, 0.3) is 0 Å². The number of aryl methyl sites for hydroxylation is 1. The summed E-state index contributed by atoms with van der Waals surface area (Å²) in [6.45, 7) is 2.23. The second-order valence-corrected chi connectivity index (χ2v) is 5.31. The van der Waals surface area contributed by atoms with Gasteiger partial charge in [0.15, 0.2) is 0 Å². The van der Waals surface area contributed by atoms with Gasteiger partial charge in [-0.2, -0.15) is 4.68 Å². The summed E-state index contributed by atoms with van der Waals surface area (Å²) in [5, 5.41) is 14.0. The van der Waals surface area contributed by atoms with Crippen molar-refractivity contribution in [2.45, 2.75) is 24.8 Å². The molecule has 0 amide bonds. The van der Waals surface area contributed by atoms with Crippen molar-refractivity contribution < 1.29 is 13.3 Å². The molecule has 0 fully saturated rings. The van der Waals surface area contributed by atoms with Crippen molar-refractivity contribution >= 4 is 25.6 Å². The molecule has 0 atom stereocenters. The topological polar surface area (TPSA) is 95.1 Å². The van der Waals surface area contributed by atoms with E-state index in [1.54, 1.807) is 0 Å². The molecule has 84 valence electrons. The van der Waals surface area contributed by atoms with Gasteiger partial charge in [0.25, 0.3) is 9.05 Å². The third-order valence-corrected chi connectivity index (χ3v) is 2.91. The molecule has 1 rings (SSSR count). The van der Waals surface area contributed by atoms with Gasteiger partial charge in [0, 0.05) is 10.7 Å². The van der Waals surface area contributed by atoms with Crippen LogP contribution in [0.5, 0.6) is 0 Å². The fraction of sp³-hybridized carbons (Fsp3) is 0.500. The molecule has 0 aliphatic rings. The Morgan fingerprint density at radius 3 is 2.60 bits per heavy atom. The molecular weight excluding hydrogens is 246 g/mol. The maximum Gasteiger partial charge on any atom is 0.410 e. The Kier molecular flexibility index (Phi) is 3.30. The van der Waals surface area contributed by atoms with E-state index in [-0.39, 0.29) is 0 Å². The maximum atomic E-state index is 11.0. The Labute approximate surface area is 90.2 Å². The minimum Gasteiger partial charge on any atom is -0.358 e. The van der Waals surface area contributed by atoms with Crippen LogP contribution in [-0.4, -0.2) is 23.1 Å². The molecule has 0 aromatic carbocycles. The average molecular weight is 254 g/mol. The molecule has 1 aromatic rings. The average Bonchev–Trinajstić information content (AvgIpc) is 2.48. The fourth-order valence-corrected chi connectivity index (χ4v) is 1.94. The van der Waals surface area contributed by atoms with Gasteiger partial charge in [-0.05, 0) is 11.3 Å². The van der Waals surface area contributed by atoms with E-state index >= 15 is 0 Å². The predicted molar refractivity (Wildman–Crippen MR) is 52.2 cm³/mol. The van der Waals surface area contributed by atoms with Crippen LogP contribution in [0.15, 0.2) is 11.1 Å². The first-order chi connectivity index (χ1) is 6.86. The number of hydrogen-bond acceptors (Lipinski definition) is 5. The van der Waals surface area contributed by atoms with E-state index in [0.717, 1.165) is 6.20 Å². The molecule has 0 radical (unpaired) electrons. The summed E-state index contributed by atoms with van der Waals surface area (Å²) in [5.41, 5.74) is 0. The molecule has 9 heteroatoms. The Bertz CT molecular complexity index is 481. The Hall–Kier alpha value is -1.15. The van der Waals surface area contributed by atoms with Crippen molar-refractivity contribution in [1.82, 2.24) is 9.78 Å². The molecule has 1 aromatic heterocycles. The Morgan fingerprint density at radius 1 is 1.67 bits per heavy atom. The smallest absolute Gasteiger partial charge is 0.358 e. The second-order valence-electron chi connectivity index (χ2n) is 2.77.